The first-order valence-corrected chi connectivity index (χ1v) is 12.5. The van der Waals surface area contributed by atoms with E-state index in [-0.39, 0.29) is 39.6 Å². The van der Waals surface area contributed by atoms with Gasteiger partial charge in [0.05, 0.1) is 22.8 Å². The third-order valence-corrected chi connectivity index (χ3v) is 4.11. The van der Waals surface area contributed by atoms with E-state index in [1.54, 1.807) is 24.8 Å². The standard InChI is InChI=1S/2C10H8N2.4C2HF3O2.2Fe.O/c2*1-3-7-11-9(5-1)10-6-2-4-8-12-10;4*3-2(4,5)1(6)7;;;/h2*1-8H;4*(H,6,7);;;/q;;;;;;2*+3;-2/p-4. The Balaban J connectivity index is -0.000000184. The van der Waals surface area contributed by atoms with E-state index in [2.05, 4.69) is 19.9 Å². The quantitative estimate of drug-likeness (QED) is 0.205. The Labute approximate surface area is 320 Å². The predicted molar refractivity (Wildman–Crippen MR) is 140 cm³/mol. The molecule has 0 unspecified atom stereocenters. The van der Waals surface area contributed by atoms with Crippen molar-refractivity contribution in [1.29, 1.82) is 0 Å². The van der Waals surface area contributed by atoms with Gasteiger partial charge in [-0.15, -0.1) is 0 Å². The second-order valence-electron chi connectivity index (χ2n) is 8.00. The second-order valence-corrected chi connectivity index (χ2v) is 8.00. The van der Waals surface area contributed by atoms with Crippen LogP contribution in [0.25, 0.3) is 22.8 Å². The molecule has 4 aromatic heterocycles. The van der Waals surface area contributed by atoms with E-state index in [1.165, 1.54) is 0 Å². The number of pyridine rings is 4. The van der Waals surface area contributed by atoms with Crippen LogP contribution in [0.1, 0.15) is 0 Å². The largest absolute Gasteiger partial charge is 3.00 e. The minimum absolute atomic E-state index is 0. The van der Waals surface area contributed by atoms with Gasteiger partial charge >= 0.3 is 58.8 Å². The summed E-state index contributed by atoms with van der Waals surface area (Å²) >= 11 is 0. The van der Waals surface area contributed by atoms with Crippen molar-refractivity contribution in [2.75, 3.05) is 0 Å². The van der Waals surface area contributed by atoms with E-state index in [1.807, 2.05) is 72.8 Å². The molecule has 55 heavy (non-hydrogen) atoms. The number of carbonyl (C=O) groups excluding carboxylic acids is 4. The van der Waals surface area contributed by atoms with Gasteiger partial charge in [-0.1, -0.05) is 24.3 Å². The third kappa shape index (κ3) is 30.8. The van der Waals surface area contributed by atoms with Crippen LogP contribution >= 0.6 is 0 Å². The zero-order valence-corrected chi connectivity index (χ0v) is 28.2. The summed E-state index contributed by atoms with van der Waals surface area (Å²) in [6.45, 7) is 0. The van der Waals surface area contributed by atoms with Gasteiger partial charge < -0.3 is 45.1 Å². The molecule has 0 aliphatic rings. The van der Waals surface area contributed by atoms with Crippen LogP contribution < -0.4 is 20.4 Å². The first-order chi connectivity index (χ1) is 23.7. The van der Waals surface area contributed by atoms with E-state index in [0.717, 1.165) is 22.8 Å². The van der Waals surface area contributed by atoms with E-state index in [0.29, 0.717) is 0 Å². The van der Waals surface area contributed by atoms with Crippen molar-refractivity contribution in [2.24, 2.45) is 0 Å². The maximum atomic E-state index is 10.5. The molecule has 0 bridgehead atoms. The summed E-state index contributed by atoms with van der Waals surface area (Å²) in [5, 5.41) is 35.1. The zero-order chi connectivity index (χ0) is 40.8. The minimum Gasteiger partial charge on any atom is -2.00 e. The van der Waals surface area contributed by atoms with Gasteiger partial charge in [0.2, 0.25) is 0 Å². The Morgan fingerprint density at radius 2 is 0.491 bits per heavy atom. The van der Waals surface area contributed by atoms with Crippen molar-refractivity contribution < 1.29 is 132 Å². The molecule has 0 saturated heterocycles. The van der Waals surface area contributed by atoms with Gasteiger partial charge in [-0.05, 0) is 48.5 Å². The Morgan fingerprint density at radius 3 is 0.564 bits per heavy atom. The molecule has 2 radical (unpaired) electrons. The fourth-order valence-electron chi connectivity index (χ4n) is 2.06. The second kappa shape index (κ2) is 28.1. The molecule has 4 rings (SSSR count). The average molecular weight is 892 g/mol. The van der Waals surface area contributed by atoms with Gasteiger partial charge in [0.1, 0.15) is 23.9 Å². The molecule has 4 aromatic rings. The first-order valence-electron chi connectivity index (χ1n) is 12.5. The smallest absolute Gasteiger partial charge is 2.00 e. The molecule has 302 valence electrons. The SMILES string of the molecule is O=C([O-])C(F)(F)F.O=C([O-])C(F)(F)F.O=C([O-])C(F)(F)F.O=C([O-])C(F)(F)F.[Fe+3].[Fe+3].[O-2].c1ccc(-c2ccccn2)nc1.c1ccc(-c2ccccn2)nc1. The van der Waals surface area contributed by atoms with Gasteiger partial charge in [0, 0.05) is 24.8 Å². The van der Waals surface area contributed by atoms with Gasteiger partial charge in [0.25, 0.3) is 0 Å². The number of carboxylic acid groups (broad SMARTS) is 4. The van der Waals surface area contributed by atoms with Crippen molar-refractivity contribution in [2.45, 2.75) is 24.7 Å². The number of carbonyl (C=O) groups is 4. The molecule has 4 heterocycles. The fourth-order valence-corrected chi connectivity index (χ4v) is 2.06. The molecule has 0 aromatic carbocycles. The average Bonchev–Trinajstić information content (AvgIpc) is 3.06. The van der Waals surface area contributed by atoms with Gasteiger partial charge in [-0.2, -0.15) is 52.7 Å². The fraction of sp³-hybridized carbons (Fsp3) is 0.143. The molecule has 27 heteroatoms. The molecule has 0 atom stereocenters. The van der Waals surface area contributed by atoms with Crippen LogP contribution in [0.15, 0.2) is 97.6 Å². The van der Waals surface area contributed by atoms with Crippen LogP contribution in [0.2, 0.25) is 0 Å². The Hall–Kier alpha value is -5.36. The van der Waals surface area contributed by atoms with Gasteiger partial charge in [0.15, 0.2) is 0 Å². The number of hydrogen-bond acceptors (Lipinski definition) is 12. The molecule has 0 aliphatic carbocycles. The predicted octanol–water partition coefficient (Wildman–Crippen LogP) is 1.36. The zero-order valence-electron chi connectivity index (χ0n) is 25.9. The summed E-state index contributed by atoms with van der Waals surface area (Å²) in [5.41, 5.74) is 3.66. The molecule has 0 aliphatic heterocycles. The van der Waals surface area contributed by atoms with Crippen LogP contribution in [0.3, 0.4) is 0 Å². The molecule has 0 fully saturated rings. The molecule has 0 amide bonds. The summed E-state index contributed by atoms with van der Waals surface area (Å²) in [5.74, 6) is -12.0. The van der Waals surface area contributed by atoms with E-state index in [4.69, 9.17) is 39.6 Å². The van der Waals surface area contributed by atoms with Crippen molar-refractivity contribution in [3.05, 3.63) is 97.6 Å². The molecular weight excluding hydrogens is 876 g/mol. The van der Waals surface area contributed by atoms with Crippen LogP contribution in [0, 0.1) is 0 Å². The molecular formula is C28H16F12Fe2N4O9. The molecule has 13 nitrogen and oxygen atoms in total. The molecule has 0 saturated carbocycles. The normalized spacial score (nSPS) is 9.96. The minimum atomic E-state index is -5.19. The maximum Gasteiger partial charge on any atom is 3.00 e. The number of nitrogens with zero attached hydrogens (tertiary/aromatic N) is 4. The van der Waals surface area contributed by atoms with E-state index in [9.17, 15) is 52.7 Å². The van der Waals surface area contributed by atoms with Crippen molar-refractivity contribution in [3.8, 4) is 22.8 Å². The summed E-state index contributed by atoms with van der Waals surface area (Å²) in [4.78, 5) is 51.9. The van der Waals surface area contributed by atoms with Crippen LogP contribution in [-0.2, 0) is 58.8 Å². The maximum absolute atomic E-state index is 10.5. The van der Waals surface area contributed by atoms with Crippen molar-refractivity contribution >= 4 is 23.9 Å². The van der Waals surface area contributed by atoms with Gasteiger partial charge in [-0.3, -0.25) is 19.9 Å². The van der Waals surface area contributed by atoms with Gasteiger partial charge in [-0.25, -0.2) is 0 Å². The summed E-state index contributed by atoms with van der Waals surface area (Å²) in [6.07, 6.45) is -13.7. The molecule has 0 spiro atoms. The third-order valence-electron chi connectivity index (χ3n) is 4.11. The van der Waals surface area contributed by atoms with E-state index < -0.39 is 48.6 Å². The number of aliphatic carboxylic acids is 4. The van der Waals surface area contributed by atoms with Crippen molar-refractivity contribution in [3.63, 3.8) is 0 Å². The topological polar surface area (TPSA) is 241 Å². The Bertz CT molecular complexity index is 1400. The van der Waals surface area contributed by atoms with Crippen molar-refractivity contribution in [1.82, 2.24) is 19.9 Å². The summed E-state index contributed by atoms with van der Waals surface area (Å²) < 4.78 is 126. The number of hydrogen-bond donors (Lipinski definition) is 0. The van der Waals surface area contributed by atoms with Crippen LogP contribution in [0.5, 0.6) is 0 Å². The number of halogens is 12. The van der Waals surface area contributed by atoms with Crippen LogP contribution in [0.4, 0.5) is 52.7 Å². The van der Waals surface area contributed by atoms with Crippen LogP contribution in [-0.4, -0.2) is 68.5 Å². The Morgan fingerprint density at radius 1 is 0.364 bits per heavy atom. The van der Waals surface area contributed by atoms with E-state index >= 15 is 0 Å². The first kappa shape index (κ1) is 58.9. The monoisotopic (exact) mass is 892 g/mol. The summed E-state index contributed by atoms with van der Waals surface area (Å²) in [6, 6.07) is 23.2. The Kier molecular flexibility index (Phi) is 30.1. The number of aromatic nitrogens is 4. The number of rotatable bonds is 2. The molecule has 0 N–H and O–H groups in total. The summed E-state index contributed by atoms with van der Waals surface area (Å²) in [7, 11) is 0. The number of carboxylic acids is 4. The number of alkyl halides is 12.